The zero-order chi connectivity index (χ0) is 7.70. The molecule has 0 rings (SSSR count). The zero-order valence-electron chi connectivity index (χ0n) is 7.27. The molecule has 0 radical (unpaired) electrons. The van der Waals surface area contributed by atoms with Gasteiger partial charge < -0.3 is 11.7 Å². The summed E-state index contributed by atoms with van der Waals surface area (Å²) in [5.74, 6) is -0.144. The monoisotopic (exact) mass is 151 g/mol. The third-order valence-corrected chi connectivity index (χ3v) is 0.432. The largest absolute Gasteiger partial charge is 1.00 e. The first kappa shape index (κ1) is 16.7. The molecule has 0 heterocycles. The standard InChI is InChI=1S/C4H7NO.C3H7.Na/c1-3-4(6)5-2;1-3-2;/h3H,1H2,2H3,(H,5,6);3H,1-2H3;/q;-1;+1. The number of amides is 1. The van der Waals surface area contributed by atoms with Gasteiger partial charge in [-0.15, -0.1) is 0 Å². The predicted molar refractivity (Wildman–Crippen MR) is 39.9 cm³/mol. The van der Waals surface area contributed by atoms with Gasteiger partial charge in [0.15, 0.2) is 0 Å². The number of likely N-dealkylation sites (N-methyl/N-ethyl adjacent to an activating group) is 1. The summed E-state index contributed by atoms with van der Waals surface area (Å²) in [7, 11) is 1.56. The van der Waals surface area contributed by atoms with Gasteiger partial charge in [-0.3, -0.25) is 4.79 Å². The molecule has 0 aliphatic carbocycles. The van der Waals surface area contributed by atoms with Crippen LogP contribution in [0.5, 0.6) is 0 Å². The van der Waals surface area contributed by atoms with Crippen molar-refractivity contribution in [2.75, 3.05) is 7.05 Å². The summed E-state index contributed by atoms with van der Waals surface area (Å²) in [6.07, 6.45) is 3.22. The Bertz CT molecular complexity index is 83.7. The van der Waals surface area contributed by atoms with Gasteiger partial charge in [0.1, 0.15) is 0 Å². The van der Waals surface area contributed by atoms with Crippen molar-refractivity contribution in [1.82, 2.24) is 5.32 Å². The Hall–Kier alpha value is 0.210. The van der Waals surface area contributed by atoms with E-state index in [1.165, 1.54) is 6.08 Å². The molecular weight excluding hydrogens is 137 g/mol. The van der Waals surface area contributed by atoms with Gasteiger partial charge in [0.2, 0.25) is 5.91 Å². The molecule has 0 unspecified atom stereocenters. The van der Waals surface area contributed by atoms with Crippen molar-refractivity contribution >= 4 is 5.91 Å². The van der Waals surface area contributed by atoms with Gasteiger partial charge in [0.05, 0.1) is 0 Å². The number of carbonyl (C=O) groups is 1. The van der Waals surface area contributed by atoms with Crippen LogP contribution in [0.3, 0.4) is 0 Å². The van der Waals surface area contributed by atoms with Crippen LogP contribution in [0.2, 0.25) is 0 Å². The van der Waals surface area contributed by atoms with Crippen LogP contribution in [0.15, 0.2) is 12.7 Å². The zero-order valence-corrected chi connectivity index (χ0v) is 9.27. The van der Waals surface area contributed by atoms with E-state index in [-0.39, 0.29) is 35.5 Å². The second kappa shape index (κ2) is 16.1. The van der Waals surface area contributed by atoms with Gasteiger partial charge in [0.25, 0.3) is 0 Å². The van der Waals surface area contributed by atoms with Crippen molar-refractivity contribution in [2.24, 2.45) is 0 Å². The Kier molecular flexibility index (Phi) is 26.8. The minimum absolute atomic E-state index is 0. The molecule has 54 valence electrons. The molecule has 1 amide bonds. The Labute approximate surface area is 85.4 Å². The average Bonchev–Trinajstić information content (AvgIpc) is 1.88. The van der Waals surface area contributed by atoms with Crippen molar-refractivity contribution in [3.8, 4) is 0 Å². The third-order valence-electron chi connectivity index (χ3n) is 0.432. The molecule has 0 aliphatic rings. The summed E-state index contributed by atoms with van der Waals surface area (Å²) in [5, 5.41) is 2.36. The summed E-state index contributed by atoms with van der Waals surface area (Å²) >= 11 is 0. The minimum Gasteiger partial charge on any atom is -0.356 e. The van der Waals surface area contributed by atoms with E-state index in [4.69, 9.17) is 0 Å². The van der Waals surface area contributed by atoms with Crippen molar-refractivity contribution in [3.05, 3.63) is 19.1 Å². The maximum atomic E-state index is 9.95. The molecule has 1 N–H and O–H groups in total. The molecule has 0 bridgehead atoms. The van der Waals surface area contributed by atoms with Gasteiger partial charge in [0, 0.05) is 7.05 Å². The third kappa shape index (κ3) is 24.1. The Morgan fingerprint density at radius 1 is 1.60 bits per heavy atom. The number of carbonyl (C=O) groups excluding carboxylic acids is 1. The SMILES string of the molecule is C=CC(=O)NC.C[CH-]C.[Na+]. The Morgan fingerprint density at radius 3 is 1.90 bits per heavy atom. The first-order chi connectivity index (χ1) is 4.22. The number of hydrogen-bond donors (Lipinski definition) is 1. The fraction of sp³-hybridized carbons (Fsp3) is 0.429. The maximum Gasteiger partial charge on any atom is 1.00 e. The van der Waals surface area contributed by atoms with Crippen LogP contribution >= 0.6 is 0 Å². The molecule has 0 fully saturated rings. The second-order valence-corrected chi connectivity index (χ2v) is 1.40. The van der Waals surface area contributed by atoms with Crippen molar-refractivity contribution in [3.63, 3.8) is 0 Å². The van der Waals surface area contributed by atoms with Crippen molar-refractivity contribution < 1.29 is 34.4 Å². The average molecular weight is 151 g/mol. The van der Waals surface area contributed by atoms with Crippen LogP contribution in [0.25, 0.3) is 0 Å². The van der Waals surface area contributed by atoms with Gasteiger partial charge in [-0.1, -0.05) is 6.58 Å². The summed E-state index contributed by atoms with van der Waals surface area (Å²) in [6.45, 7) is 7.22. The van der Waals surface area contributed by atoms with Crippen LogP contribution in [-0.4, -0.2) is 13.0 Å². The predicted octanol–water partition coefficient (Wildman–Crippen LogP) is -1.85. The number of hydrogen-bond acceptors (Lipinski definition) is 1. The van der Waals surface area contributed by atoms with E-state index >= 15 is 0 Å². The fourth-order valence-corrected chi connectivity index (χ4v) is 0.102. The molecule has 0 saturated carbocycles. The van der Waals surface area contributed by atoms with Crippen LogP contribution in [0.4, 0.5) is 0 Å². The molecule has 0 saturated heterocycles. The maximum absolute atomic E-state index is 9.95. The number of rotatable bonds is 1. The summed E-state index contributed by atoms with van der Waals surface area (Å²) in [4.78, 5) is 9.95. The molecule has 0 aromatic carbocycles. The molecule has 0 aliphatic heterocycles. The van der Waals surface area contributed by atoms with Crippen LogP contribution in [0.1, 0.15) is 13.8 Å². The van der Waals surface area contributed by atoms with Crippen molar-refractivity contribution in [1.29, 1.82) is 0 Å². The molecule has 2 nitrogen and oxygen atoms in total. The molecule has 0 aromatic rings. The van der Waals surface area contributed by atoms with E-state index in [2.05, 4.69) is 11.9 Å². The number of nitrogens with one attached hydrogen (secondary N) is 1. The summed E-state index contributed by atoms with van der Waals surface area (Å²) in [6, 6.07) is 0. The molecular formula is C7H14NNaO. The van der Waals surface area contributed by atoms with Crippen molar-refractivity contribution in [2.45, 2.75) is 13.8 Å². The topological polar surface area (TPSA) is 29.1 Å². The molecule has 0 aromatic heterocycles. The fourth-order valence-electron chi connectivity index (χ4n) is 0.102. The van der Waals surface area contributed by atoms with E-state index < -0.39 is 0 Å². The summed E-state index contributed by atoms with van der Waals surface area (Å²) < 4.78 is 0. The first-order valence-corrected chi connectivity index (χ1v) is 2.81. The van der Waals surface area contributed by atoms with Gasteiger partial charge in [-0.2, -0.15) is 13.8 Å². The van der Waals surface area contributed by atoms with E-state index in [0.717, 1.165) is 0 Å². The molecule has 0 spiro atoms. The molecule has 0 atom stereocenters. The Morgan fingerprint density at radius 2 is 1.90 bits per heavy atom. The quantitative estimate of drug-likeness (QED) is 0.266. The second-order valence-electron chi connectivity index (χ2n) is 1.40. The molecule has 3 heteroatoms. The van der Waals surface area contributed by atoms with E-state index in [0.29, 0.717) is 0 Å². The van der Waals surface area contributed by atoms with E-state index in [1.54, 1.807) is 7.05 Å². The van der Waals surface area contributed by atoms with E-state index in [9.17, 15) is 4.79 Å². The first-order valence-electron chi connectivity index (χ1n) is 2.81. The normalized spacial score (nSPS) is 5.90. The summed E-state index contributed by atoms with van der Waals surface area (Å²) in [5.41, 5.74) is 0. The Balaban J connectivity index is -0.000000107. The van der Waals surface area contributed by atoms with Crippen LogP contribution < -0.4 is 34.9 Å². The smallest absolute Gasteiger partial charge is 0.356 e. The van der Waals surface area contributed by atoms with Gasteiger partial charge in [-0.05, 0) is 6.08 Å². The van der Waals surface area contributed by atoms with Crippen LogP contribution in [0, 0.1) is 6.42 Å². The van der Waals surface area contributed by atoms with Gasteiger partial charge in [-0.25, -0.2) is 0 Å². The minimum atomic E-state index is -0.144. The van der Waals surface area contributed by atoms with E-state index in [1.807, 2.05) is 20.3 Å². The molecule has 10 heavy (non-hydrogen) atoms. The van der Waals surface area contributed by atoms with Gasteiger partial charge >= 0.3 is 29.6 Å². The van der Waals surface area contributed by atoms with Crippen LogP contribution in [-0.2, 0) is 4.79 Å².